The van der Waals surface area contributed by atoms with Gasteiger partial charge in [-0.05, 0) is 275 Å². The number of rotatable bonds is 0. The minimum atomic E-state index is 0.331. The molecule has 0 radical (unpaired) electrons. The highest BCUT2D eigenvalue weighted by Gasteiger charge is 2.63. The van der Waals surface area contributed by atoms with Gasteiger partial charge >= 0.3 is 0 Å². The minimum Gasteiger partial charge on any atom is -0.437 e. The average Bonchev–Trinajstić information content (AvgIpc) is 3.98. The Morgan fingerprint density at radius 2 is 0.789 bits per heavy atom. The van der Waals surface area contributed by atoms with Crippen LogP contribution >= 0.6 is 0 Å². The Morgan fingerprint density at radius 3 is 1.21 bits per heavy atom. The van der Waals surface area contributed by atoms with Gasteiger partial charge in [0.05, 0.1) is 17.1 Å². The maximum Gasteiger partial charge on any atom is 0.227 e. The molecule has 6 spiro atoms. The van der Waals surface area contributed by atoms with Crippen LogP contribution in [0.4, 0.5) is 0 Å². The predicted octanol–water partition coefficient (Wildman–Crippen LogP) is 17.4. The van der Waals surface area contributed by atoms with E-state index in [1.54, 1.807) is 0 Å². The average molecular weight is 999 g/mol. The Labute approximate surface area is 450 Å². The molecule has 384 valence electrons. The molecule has 5 nitrogen and oxygen atoms in total. The fourth-order valence-electron chi connectivity index (χ4n) is 20.5. The number of aromatic nitrogens is 4. The van der Waals surface area contributed by atoms with Gasteiger partial charge in [-0.25, -0.2) is 4.98 Å². The second-order valence-electron chi connectivity index (χ2n) is 28.0. The zero-order valence-electron chi connectivity index (χ0n) is 44.9. The topological polar surface area (TPSA) is 64.7 Å². The molecule has 76 heavy (non-hydrogen) atoms. The van der Waals surface area contributed by atoms with Crippen LogP contribution in [0.3, 0.4) is 0 Å². The number of benzene rings is 3. The van der Waals surface area contributed by atoms with Gasteiger partial charge in [-0.2, -0.15) is 0 Å². The Morgan fingerprint density at radius 1 is 0.395 bits per heavy atom. The molecule has 8 fully saturated rings. The lowest BCUT2D eigenvalue weighted by molar-refractivity contribution is -0.167. The van der Waals surface area contributed by atoms with Gasteiger partial charge in [0.1, 0.15) is 5.58 Å². The lowest BCUT2D eigenvalue weighted by Gasteiger charge is -2.67. The Balaban J connectivity index is 0.829. The van der Waals surface area contributed by atoms with E-state index in [4.69, 9.17) is 24.4 Å². The molecule has 20 bridgehead atoms. The third-order valence-corrected chi connectivity index (χ3v) is 22.4. The number of pyridine rings is 4. The maximum absolute atomic E-state index is 6.92. The van der Waals surface area contributed by atoms with Crippen LogP contribution < -0.4 is 0 Å². The van der Waals surface area contributed by atoms with Crippen molar-refractivity contribution >= 4 is 22.1 Å². The second kappa shape index (κ2) is 17.0. The summed E-state index contributed by atoms with van der Waals surface area (Å²) in [4.78, 5) is 20.7. The van der Waals surface area contributed by atoms with Crippen LogP contribution in [0.25, 0.3) is 55.8 Å². The summed E-state index contributed by atoms with van der Waals surface area (Å²) < 4.78 is 6.92. The molecule has 19 aliphatic carbocycles. The van der Waals surface area contributed by atoms with Crippen LogP contribution in [0.1, 0.15) is 155 Å². The summed E-state index contributed by atoms with van der Waals surface area (Å²) in [5.41, 5.74) is 20.2. The first-order chi connectivity index (χ1) is 37.1. The van der Waals surface area contributed by atoms with Gasteiger partial charge in [-0.15, -0.1) is 0 Å². The molecule has 5 heteroatoms. The molecule has 0 amide bonds. The summed E-state index contributed by atoms with van der Waals surface area (Å²) in [5, 5.41) is 2.40. The van der Waals surface area contributed by atoms with Crippen molar-refractivity contribution in [2.75, 3.05) is 0 Å². The van der Waals surface area contributed by atoms with E-state index in [2.05, 4.69) is 135 Å². The molecule has 0 N–H and O–H groups in total. The van der Waals surface area contributed by atoms with Gasteiger partial charge in [0.2, 0.25) is 5.71 Å². The van der Waals surface area contributed by atoms with Crippen molar-refractivity contribution in [3.8, 4) is 33.8 Å². The van der Waals surface area contributed by atoms with Crippen molar-refractivity contribution in [1.29, 1.82) is 0 Å². The SMILES string of the molecule is Cc1ccc2c(n1)oc1c3ccc(c12)CCC12CC4CC5(CCc6ccc(cc6)-c6ccc(cn6)CCC67CC8CC(CCc9ccc(nc9)-c9ccc(cc9)CCC(C4)(C5)C1)(C6)CC(CCc1ccc-3nc1)(C8)C7)C2. The van der Waals surface area contributed by atoms with Gasteiger partial charge < -0.3 is 4.42 Å². The third-order valence-electron chi connectivity index (χ3n) is 22.4. The first-order valence-electron chi connectivity index (χ1n) is 29.9. The number of furan rings is 1. The highest BCUT2D eigenvalue weighted by Crippen LogP contribution is 2.74. The van der Waals surface area contributed by atoms with Crippen molar-refractivity contribution in [2.24, 2.45) is 44.3 Å². The standard InChI is InChI=1S/C71H74N4O/c1-47-2-15-59-63-57-14-16-58(64(63)76-65(59)75-47)62-19-9-52(40-74-62)24-30-70-36-53-34-68(43-70)28-22-50-7-17-60(72-38-50)55-10-3-48(4-11-55)20-26-66-32-54-33-67(41-66,46-71(37-54,45-66)31-25-57)27-21-49-5-12-56(13-6-49)61-18-8-51(39-73-61)23-29-69(35-53,42-68)44-70/h2-19,38-40,53-54H,20-37,41-46H2,1H3. The van der Waals surface area contributed by atoms with Gasteiger partial charge in [0.15, 0.2) is 0 Å². The Bertz CT molecular complexity index is 3400. The Kier molecular flexibility index (Phi) is 10.3. The quantitative estimate of drug-likeness (QED) is 0.151. The van der Waals surface area contributed by atoms with E-state index in [1.807, 2.05) is 0 Å². The van der Waals surface area contributed by atoms with E-state index in [9.17, 15) is 0 Å². The third kappa shape index (κ3) is 7.96. The largest absolute Gasteiger partial charge is 0.437 e. The van der Waals surface area contributed by atoms with Crippen molar-refractivity contribution in [3.05, 3.63) is 167 Å². The molecule has 21 heterocycles. The normalized spacial score (nSPS) is 32.4. The van der Waals surface area contributed by atoms with E-state index in [-0.39, 0.29) is 0 Å². The van der Waals surface area contributed by atoms with Crippen LogP contribution in [0, 0.1) is 51.2 Å². The van der Waals surface area contributed by atoms with Crippen LogP contribution in [0.2, 0.25) is 0 Å². The lowest BCUT2D eigenvalue weighted by atomic mass is 9.37. The van der Waals surface area contributed by atoms with E-state index in [0.717, 1.165) is 95.4 Å². The molecular weight excluding hydrogens is 925 g/mol. The molecule has 8 saturated carbocycles. The van der Waals surface area contributed by atoms with E-state index in [1.165, 1.54) is 165 Å². The van der Waals surface area contributed by atoms with E-state index < -0.39 is 0 Å². The second-order valence-corrected chi connectivity index (χ2v) is 28.0. The minimum absolute atomic E-state index is 0.331. The lowest BCUT2D eigenvalue weighted by Crippen LogP contribution is -2.57. The summed E-state index contributed by atoms with van der Waals surface area (Å²) >= 11 is 0. The molecule has 8 aromatic rings. The number of hydrogen-bond donors (Lipinski definition) is 0. The summed E-state index contributed by atoms with van der Waals surface area (Å²) in [6, 6.07) is 42.6. The summed E-state index contributed by atoms with van der Waals surface area (Å²) in [7, 11) is 0. The monoisotopic (exact) mass is 999 g/mol. The van der Waals surface area contributed by atoms with E-state index >= 15 is 0 Å². The highest BCUT2D eigenvalue weighted by molar-refractivity contribution is 6.10. The van der Waals surface area contributed by atoms with Gasteiger partial charge in [0.25, 0.3) is 0 Å². The van der Waals surface area contributed by atoms with Gasteiger partial charge in [-0.1, -0.05) is 72.8 Å². The van der Waals surface area contributed by atoms with Crippen molar-refractivity contribution in [3.63, 3.8) is 0 Å². The number of hydrogen-bond acceptors (Lipinski definition) is 5. The van der Waals surface area contributed by atoms with Crippen molar-refractivity contribution in [1.82, 2.24) is 19.9 Å². The molecule has 3 aromatic carbocycles. The smallest absolute Gasteiger partial charge is 0.227 e. The summed E-state index contributed by atoms with van der Waals surface area (Å²) in [6.45, 7) is 2.08. The molecule has 16 aliphatic heterocycles. The maximum atomic E-state index is 6.92. The van der Waals surface area contributed by atoms with Gasteiger partial charge in [-0.3, -0.25) is 15.0 Å². The number of aryl methyl sites for hydroxylation is 7. The summed E-state index contributed by atoms with van der Waals surface area (Å²) in [5.74, 6) is 1.60. The van der Waals surface area contributed by atoms with Crippen molar-refractivity contribution in [2.45, 2.75) is 161 Å². The van der Waals surface area contributed by atoms with Crippen LogP contribution in [-0.4, -0.2) is 19.9 Å². The zero-order valence-corrected chi connectivity index (χ0v) is 44.9. The fourth-order valence-corrected chi connectivity index (χ4v) is 20.5. The van der Waals surface area contributed by atoms with E-state index in [0.29, 0.717) is 32.5 Å². The number of fused-ring (bicyclic) bond motifs is 1. The molecule has 35 aliphatic rings. The summed E-state index contributed by atoms with van der Waals surface area (Å²) in [6.07, 6.45) is 37.5. The Hall–Kier alpha value is -5.94. The molecule has 4 atom stereocenters. The molecule has 43 rings (SSSR count). The van der Waals surface area contributed by atoms with Crippen LogP contribution in [0.5, 0.6) is 0 Å². The zero-order chi connectivity index (χ0) is 50.3. The van der Waals surface area contributed by atoms with Crippen molar-refractivity contribution < 1.29 is 4.42 Å². The first-order valence-corrected chi connectivity index (χ1v) is 29.9. The first kappa shape index (κ1) is 46.2. The molecular formula is C71H74N4O. The molecule has 0 saturated heterocycles. The molecule has 5 aromatic heterocycles. The van der Waals surface area contributed by atoms with Gasteiger partial charge in [0, 0.05) is 51.7 Å². The number of nitrogens with zero attached hydrogens (tertiary/aromatic N) is 4. The van der Waals surface area contributed by atoms with Crippen LogP contribution in [0.15, 0.2) is 132 Å². The fraction of sp³-hybridized carbons (Fsp3) is 0.465. The highest BCUT2D eigenvalue weighted by atomic mass is 16.3. The predicted molar refractivity (Wildman–Crippen MR) is 306 cm³/mol. The van der Waals surface area contributed by atoms with Crippen LogP contribution in [-0.2, 0) is 38.5 Å². The molecule has 4 unspecified atom stereocenters.